The monoisotopic (exact) mass is 205 g/mol. The van der Waals surface area contributed by atoms with E-state index in [9.17, 15) is 19.7 Å². The third kappa shape index (κ3) is 3.83. The van der Waals surface area contributed by atoms with Crippen LogP contribution in [0.1, 0.15) is 6.42 Å². The number of ether oxygens (including phenoxy) is 2. The van der Waals surface area contributed by atoms with Gasteiger partial charge in [-0.05, 0) is 0 Å². The van der Waals surface area contributed by atoms with Crippen LogP contribution in [0.3, 0.4) is 0 Å². The lowest BCUT2D eigenvalue weighted by atomic mass is 10.1. The molecule has 0 rings (SSSR count). The number of rotatable bonds is 5. The van der Waals surface area contributed by atoms with Gasteiger partial charge in [-0.25, -0.2) is 0 Å². The van der Waals surface area contributed by atoms with Gasteiger partial charge in [0, 0.05) is 11.3 Å². The van der Waals surface area contributed by atoms with E-state index >= 15 is 0 Å². The van der Waals surface area contributed by atoms with Gasteiger partial charge >= 0.3 is 11.9 Å². The smallest absolute Gasteiger partial charge is 0.320 e. The van der Waals surface area contributed by atoms with Gasteiger partial charge in [0.15, 0.2) is 5.92 Å². The van der Waals surface area contributed by atoms with Gasteiger partial charge in [0.2, 0.25) is 6.54 Å². The minimum absolute atomic E-state index is 0.216. The van der Waals surface area contributed by atoms with Crippen molar-refractivity contribution in [1.82, 2.24) is 0 Å². The lowest BCUT2D eigenvalue weighted by molar-refractivity contribution is -0.481. The summed E-state index contributed by atoms with van der Waals surface area (Å²) in [7, 11) is 2.20. The minimum atomic E-state index is -1.21. The minimum Gasteiger partial charge on any atom is -0.468 e. The van der Waals surface area contributed by atoms with Crippen LogP contribution < -0.4 is 0 Å². The van der Waals surface area contributed by atoms with E-state index in [0.29, 0.717) is 0 Å². The maximum absolute atomic E-state index is 11.0. The van der Waals surface area contributed by atoms with Crippen molar-refractivity contribution in [3.05, 3.63) is 10.1 Å². The zero-order chi connectivity index (χ0) is 11.1. The summed E-state index contributed by atoms with van der Waals surface area (Å²) in [6.45, 7) is -0.477. The van der Waals surface area contributed by atoms with E-state index in [1.54, 1.807) is 0 Å². The second-order valence-corrected chi connectivity index (χ2v) is 2.44. The van der Waals surface area contributed by atoms with E-state index in [2.05, 4.69) is 9.47 Å². The van der Waals surface area contributed by atoms with Gasteiger partial charge in [0.05, 0.1) is 14.2 Å². The van der Waals surface area contributed by atoms with Crippen LogP contribution in [0.2, 0.25) is 0 Å². The molecular weight excluding hydrogens is 194 g/mol. The number of esters is 2. The maximum Gasteiger partial charge on any atom is 0.320 e. The van der Waals surface area contributed by atoms with Crippen molar-refractivity contribution in [2.75, 3.05) is 20.8 Å². The Balaban J connectivity index is 4.32. The molecule has 0 aliphatic carbocycles. The van der Waals surface area contributed by atoms with Gasteiger partial charge in [-0.15, -0.1) is 0 Å². The molecule has 0 radical (unpaired) electrons. The van der Waals surface area contributed by atoms with Crippen LogP contribution >= 0.6 is 0 Å². The lowest BCUT2D eigenvalue weighted by Gasteiger charge is -2.09. The summed E-state index contributed by atoms with van der Waals surface area (Å²) in [5, 5.41) is 10.0. The van der Waals surface area contributed by atoms with Crippen LogP contribution in [0.4, 0.5) is 0 Å². The molecule has 0 unspecified atom stereocenters. The predicted octanol–water partition coefficient (Wildman–Crippen LogP) is -0.385. The SMILES string of the molecule is COC(=O)C(CC[N+](=O)[O-])C(=O)OC. The Morgan fingerprint density at radius 3 is 2.00 bits per heavy atom. The standard InChI is InChI=1S/C7H11NO6/c1-13-6(9)5(7(10)14-2)3-4-8(11)12/h5H,3-4H2,1-2H3. The molecule has 0 saturated carbocycles. The number of hydrogen-bond acceptors (Lipinski definition) is 6. The summed E-state index contributed by atoms with van der Waals surface area (Å²) < 4.78 is 8.61. The van der Waals surface area contributed by atoms with E-state index in [1.807, 2.05) is 0 Å². The number of nitro groups is 1. The Kier molecular flexibility index (Phi) is 5.20. The summed E-state index contributed by atoms with van der Waals surface area (Å²) >= 11 is 0. The zero-order valence-corrected chi connectivity index (χ0v) is 7.89. The molecule has 0 saturated heterocycles. The Hall–Kier alpha value is -1.66. The highest BCUT2D eigenvalue weighted by atomic mass is 16.6. The molecule has 0 amide bonds. The zero-order valence-electron chi connectivity index (χ0n) is 7.89. The molecular formula is C7H11NO6. The predicted molar refractivity (Wildman–Crippen MR) is 44.0 cm³/mol. The second kappa shape index (κ2) is 5.90. The van der Waals surface area contributed by atoms with Crippen LogP contribution in [-0.2, 0) is 19.1 Å². The first kappa shape index (κ1) is 12.3. The fourth-order valence-corrected chi connectivity index (χ4v) is 0.851. The fourth-order valence-electron chi connectivity index (χ4n) is 0.851. The number of methoxy groups -OCH3 is 2. The highest BCUT2D eigenvalue weighted by Crippen LogP contribution is 2.07. The molecule has 0 aromatic heterocycles. The third-order valence-corrected chi connectivity index (χ3v) is 1.57. The molecule has 0 aromatic carbocycles. The molecule has 0 aliphatic heterocycles. The number of hydrogen-bond donors (Lipinski definition) is 0. The Labute approximate surface area is 80.1 Å². The molecule has 0 N–H and O–H groups in total. The van der Waals surface area contributed by atoms with Gasteiger partial charge in [0.25, 0.3) is 0 Å². The number of carbonyl (C=O) groups is 2. The Morgan fingerprint density at radius 2 is 1.71 bits per heavy atom. The number of carbonyl (C=O) groups excluding carboxylic acids is 2. The molecule has 7 heteroatoms. The van der Waals surface area contributed by atoms with Crippen molar-refractivity contribution < 1.29 is 24.0 Å². The molecule has 0 fully saturated rings. The second-order valence-electron chi connectivity index (χ2n) is 2.44. The van der Waals surface area contributed by atoms with Gasteiger partial charge in [-0.2, -0.15) is 0 Å². The summed E-state index contributed by atoms with van der Waals surface area (Å²) in [4.78, 5) is 31.4. The third-order valence-electron chi connectivity index (χ3n) is 1.57. The highest BCUT2D eigenvalue weighted by Gasteiger charge is 2.29. The normalized spacial score (nSPS) is 9.64. The van der Waals surface area contributed by atoms with Gasteiger partial charge in [-0.3, -0.25) is 19.7 Å². The first-order valence-electron chi connectivity index (χ1n) is 3.80. The molecule has 0 aliphatic rings. The first-order valence-corrected chi connectivity index (χ1v) is 3.80. The largest absolute Gasteiger partial charge is 0.468 e. The average molecular weight is 205 g/mol. The quantitative estimate of drug-likeness (QED) is 0.262. The topological polar surface area (TPSA) is 95.7 Å². The lowest BCUT2D eigenvalue weighted by Crippen LogP contribution is -2.28. The van der Waals surface area contributed by atoms with Gasteiger partial charge < -0.3 is 9.47 Å². The van der Waals surface area contributed by atoms with Crippen LogP contribution in [0.25, 0.3) is 0 Å². The van der Waals surface area contributed by atoms with Crippen LogP contribution in [0.15, 0.2) is 0 Å². The summed E-state index contributed by atoms with van der Waals surface area (Å²) in [6.07, 6.45) is -0.216. The molecule has 0 heterocycles. The van der Waals surface area contributed by atoms with E-state index in [4.69, 9.17) is 0 Å². The van der Waals surface area contributed by atoms with E-state index < -0.39 is 29.3 Å². The fraction of sp³-hybridized carbons (Fsp3) is 0.714. The van der Waals surface area contributed by atoms with E-state index in [-0.39, 0.29) is 6.42 Å². The average Bonchev–Trinajstić information content (AvgIpc) is 2.16. The molecule has 0 aromatic rings. The van der Waals surface area contributed by atoms with Crippen molar-refractivity contribution in [2.45, 2.75) is 6.42 Å². The van der Waals surface area contributed by atoms with E-state index in [0.717, 1.165) is 14.2 Å². The van der Waals surface area contributed by atoms with Crippen molar-refractivity contribution in [3.8, 4) is 0 Å². The molecule has 0 bridgehead atoms. The summed E-state index contributed by atoms with van der Waals surface area (Å²) in [5.74, 6) is -2.85. The first-order chi connectivity index (χ1) is 6.52. The maximum atomic E-state index is 11.0. The molecule has 14 heavy (non-hydrogen) atoms. The number of nitrogens with zero attached hydrogens (tertiary/aromatic N) is 1. The van der Waals surface area contributed by atoms with Crippen molar-refractivity contribution in [3.63, 3.8) is 0 Å². The molecule has 80 valence electrons. The van der Waals surface area contributed by atoms with Gasteiger partial charge in [-0.1, -0.05) is 0 Å². The van der Waals surface area contributed by atoms with Crippen molar-refractivity contribution in [1.29, 1.82) is 0 Å². The van der Waals surface area contributed by atoms with E-state index in [1.165, 1.54) is 0 Å². The van der Waals surface area contributed by atoms with Crippen molar-refractivity contribution in [2.24, 2.45) is 5.92 Å². The Bertz CT molecular complexity index is 222. The van der Waals surface area contributed by atoms with Crippen molar-refractivity contribution >= 4 is 11.9 Å². The van der Waals surface area contributed by atoms with Crippen LogP contribution in [-0.4, -0.2) is 37.6 Å². The van der Waals surface area contributed by atoms with Crippen LogP contribution in [0, 0.1) is 16.0 Å². The Morgan fingerprint density at radius 1 is 1.29 bits per heavy atom. The molecule has 0 spiro atoms. The van der Waals surface area contributed by atoms with Gasteiger partial charge in [0.1, 0.15) is 0 Å². The summed E-state index contributed by atoms with van der Waals surface area (Å²) in [6, 6.07) is 0. The summed E-state index contributed by atoms with van der Waals surface area (Å²) in [5.41, 5.74) is 0. The van der Waals surface area contributed by atoms with Crippen LogP contribution in [0.5, 0.6) is 0 Å². The molecule has 0 atom stereocenters. The highest BCUT2D eigenvalue weighted by molar-refractivity contribution is 5.94. The molecule has 7 nitrogen and oxygen atoms in total.